The summed E-state index contributed by atoms with van der Waals surface area (Å²) in [6.07, 6.45) is 3.66. The summed E-state index contributed by atoms with van der Waals surface area (Å²) in [7, 11) is 0. The fourth-order valence-electron chi connectivity index (χ4n) is 2.66. The van der Waals surface area contributed by atoms with Crippen LogP contribution in [0.3, 0.4) is 0 Å². The summed E-state index contributed by atoms with van der Waals surface area (Å²) in [6.45, 7) is 5.74. The maximum Gasteiger partial charge on any atom is 0.321 e. The minimum Gasteiger partial charge on any atom is -0.494 e. The average Bonchev–Trinajstić information content (AvgIpc) is 2.56. The van der Waals surface area contributed by atoms with Crippen molar-refractivity contribution >= 4 is 17.5 Å². The molecule has 1 saturated heterocycles. The lowest BCUT2D eigenvalue weighted by atomic mass is 9.93. The second-order valence-electron chi connectivity index (χ2n) is 6.03. The van der Waals surface area contributed by atoms with E-state index in [9.17, 15) is 9.59 Å². The number of anilines is 1. The topological polar surface area (TPSA) is 58.6 Å². The van der Waals surface area contributed by atoms with Crippen LogP contribution in [0.15, 0.2) is 24.3 Å². The number of likely N-dealkylation sites (tertiary alicyclic amines) is 1. The maximum atomic E-state index is 12.2. The zero-order chi connectivity index (χ0) is 16.7. The van der Waals surface area contributed by atoms with Gasteiger partial charge in [0.15, 0.2) is 0 Å². The molecule has 0 aromatic heterocycles. The van der Waals surface area contributed by atoms with Crippen molar-refractivity contribution in [1.82, 2.24) is 4.90 Å². The van der Waals surface area contributed by atoms with Crippen molar-refractivity contribution in [2.75, 3.05) is 25.0 Å². The van der Waals surface area contributed by atoms with Crippen LogP contribution in [0.25, 0.3) is 0 Å². The number of rotatable bonds is 6. The molecule has 1 heterocycles. The molecular weight excluding hydrogens is 292 g/mol. The Morgan fingerprint density at radius 1 is 1.22 bits per heavy atom. The number of unbranched alkanes of at least 4 members (excludes halogenated alkanes) is 1. The third kappa shape index (κ3) is 5.27. The minimum atomic E-state index is -0.105. The van der Waals surface area contributed by atoms with Crippen LogP contribution in [0, 0.1) is 5.92 Å². The summed E-state index contributed by atoms with van der Waals surface area (Å²) in [5.74, 6) is 1.15. The Balaban J connectivity index is 1.80. The fourth-order valence-corrected chi connectivity index (χ4v) is 2.66. The van der Waals surface area contributed by atoms with Gasteiger partial charge in [0.1, 0.15) is 11.5 Å². The SMILES string of the molecule is CCCCOc1ccc(NC(=O)N2CCC(C(C)=O)CC2)cc1. The first-order chi connectivity index (χ1) is 11.1. The molecule has 1 aromatic rings. The van der Waals surface area contributed by atoms with Gasteiger partial charge in [0.25, 0.3) is 0 Å². The van der Waals surface area contributed by atoms with Crippen LogP contribution >= 0.6 is 0 Å². The van der Waals surface area contributed by atoms with E-state index in [0.717, 1.165) is 37.1 Å². The number of piperidine rings is 1. The number of carbonyl (C=O) groups excluding carboxylic acids is 2. The number of nitrogens with zero attached hydrogens (tertiary/aromatic N) is 1. The fraction of sp³-hybridized carbons (Fsp3) is 0.556. The van der Waals surface area contributed by atoms with Crippen LogP contribution in [0.2, 0.25) is 0 Å². The number of hydrogen-bond donors (Lipinski definition) is 1. The second-order valence-corrected chi connectivity index (χ2v) is 6.03. The molecule has 1 fully saturated rings. The van der Waals surface area contributed by atoms with Crippen LogP contribution in [0.1, 0.15) is 39.5 Å². The van der Waals surface area contributed by atoms with E-state index in [1.165, 1.54) is 0 Å². The highest BCUT2D eigenvalue weighted by atomic mass is 16.5. The number of ketones is 1. The highest BCUT2D eigenvalue weighted by molar-refractivity contribution is 5.89. The summed E-state index contributed by atoms with van der Waals surface area (Å²) in [4.78, 5) is 25.4. The summed E-state index contributed by atoms with van der Waals surface area (Å²) in [6, 6.07) is 7.33. The molecule has 0 unspecified atom stereocenters. The largest absolute Gasteiger partial charge is 0.494 e. The number of ether oxygens (including phenoxy) is 1. The van der Waals surface area contributed by atoms with Crippen molar-refractivity contribution in [1.29, 1.82) is 0 Å². The van der Waals surface area contributed by atoms with E-state index in [1.54, 1.807) is 11.8 Å². The second kappa shape index (κ2) is 8.56. The van der Waals surface area contributed by atoms with Gasteiger partial charge in [-0.25, -0.2) is 4.79 Å². The van der Waals surface area contributed by atoms with Gasteiger partial charge in [0, 0.05) is 24.7 Å². The summed E-state index contributed by atoms with van der Waals surface area (Å²) in [5, 5.41) is 2.90. The molecule has 0 spiro atoms. The van der Waals surface area contributed by atoms with E-state index < -0.39 is 0 Å². The smallest absolute Gasteiger partial charge is 0.321 e. The first-order valence-electron chi connectivity index (χ1n) is 8.39. The first kappa shape index (κ1) is 17.3. The number of hydrogen-bond acceptors (Lipinski definition) is 3. The average molecular weight is 318 g/mol. The van der Waals surface area contributed by atoms with E-state index in [2.05, 4.69) is 12.2 Å². The Morgan fingerprint density at radius 3 is 2.43 bits per heavy atom. The number of benzene rings is 1. The van der Waals surface area contributed by atoms with E-state index in [-0.39, 0.29) is 17.7 Å². The predicted molar refractivity (Wildman–Crippen MR) is 90.8 cm³/mol. The van der Waals surface area contributed by atoms with Crippen molar-refractivity contribution in [2.45, 2.75) is 39.5 Å². The molecule has 1 aromatic carbocycles. The monoisotopic (exact) mass is 318 g/mol. The first-order valence-corrected chi connectivity index (χ1v) is 8.39. The van der Waals surface area contributed by atoms with Gasteiger partial charge in [-0.1, -0.05) is 13.3 Å². The minimum absolute atomic E-state index is 0.105. The van der Waals surface area contributed by atoms with Crippen LogP contribution in [0.4, 0.5) is 10.5 Å². The quantitative estimate of drug-likeness (QED) is 0.814. The molecule has 1 N–H and O–H groups in total. The van der Waals surface area contributed by atoms with Crippen LogP contribution in [-0.4, -0.2) is 36.4 Å². The summed E-state index contributed by atoms with van der Waals surface area (Å²) in [5.41, 5.74) is 0.756. The van der Waals surface area contributed by atoms with E-state index >= 15 is 0 Å². The lowest BCUT2D eigenvalue weighted by Crippen LogP contribution is -2.42. The van der Waals surface area contributed by atoms with Gasteiger partial charge >= 0.3 is 6.03 Å². The van der Waals surface area contributed by atoms with Gasteiger partial charge in [-0.2, -0.15) is 0 Å². The van der Waals surface area contributed by atoms with Gasteiger partial charge in [-0.15, -0.1) is 0 Å². The lowest BCUT2D eigenvalue weighted by molar-refractivity contribution is -0.121. The van der Waals surface area contributed by atoms with Gasteiger partial charge in [0.05, 0.1) is 6.61 Å². The lowest BCUT2D eigenvalue weighted by Gasteiger charge is -2.30. The number of Topliss-reactive ketones (excluding diaryl/α,β-unsaturated/α-hetero) is 1. The van der Waals surface area contributed by atoms with E-state index in [1.807, 2.05) is 24.3 Å². The summed E-state index contributed by atoms with van der Waals surface area (Å²) < 4.78 is 5.60. The molecule has 23 heavy (non-hydrogen) atoms. The summed E-state index contributed by atoms with van der Waals surface area (Å²) >= 11 is 0. The van der Waals surface area contributed by atoms with Crippen LogP contribution in [0.5, 0.6) is 5.75 Å². The molecule has 0 atom stereocenters. The van der Waals surface area contributed by atoms with Crippen LogP contribution < -0.4 is 10.1 Å². The van der Waals surface area contributed by atoms with Crippen molar-refractivity contribution in [3.63, 3.8) is 0 Å². The molecule has 0 bridgehead atoms. The molecule has 2 amide bonds. The highest BCUT2D eigenvalue weighted by Gasteiger charge is 2.25. The normalized spacial score (nSPS) is 15.3. The van der Waals surface area contributed by atoms with Gasteiger partial charge in [-0.3, -0.25) is 4.79 Å². The molecule has 5 nitrogen and oxygen atoms in total. The van der Waals surface area contributed by atoms with Gasteiger partial charge in [-0.05, 0) is 50.5 Å². The Bertz CT molecular complexity index is 520. The van der Waals surface area contributed by atoms with Crippen molar-refractivity contribution in [3.05, 3.63) is 24.3 Å². The molecule has 2 rings (SSSR count). The number of carbonyl (C=O) groups is 2. The Kier molecular flexibility index (Phi) is 6.44. The molecule has 0 radical (unpaired) electrons. The third-order valence-electron chi connectivity index (χ3n) is 4.23. The van der Waals surface area contributed by atoms with Crippen LogP contribution in [-0.2, 0) is 4.79 Å². The van der Waals surface area contributed by atoms with Gasteiger partial charge < -0.3 is 15.0 Å². The number of urea groups is 1. The maximum absolute atomic E-state index is 12.2. The molecule has 0 saturated carbocycles. The molecule has 126 valence electrons. The van der Waals surface area contributed by atoms with Crippen molar-refractivity contribution in [3.8, 4) is 5.75 Å². The third-order valence-corrected chi connectivity index (χ3v) is 4.23. The van der Waals surface area contributed by atoms with Crippen molar-refractivity contribution in [2.24, 2.45) is 5.92 Å². The molecular formula is C18H26N2O3. The number of amides is 2. The zero-order valence-corrected chi connectivity index (χ0v) is 14.0. The Labute approximate surface area is 138 Å². The standard InChI is InChI=1S/C18H26N2O3/c1-3-4-13-23-17-7-5-16(6-8-17)19-18(22)20-11-9-15(10-12-20)14(2)21/h5-8,15H,3-4,9-13H2,1-2H3,(H,19,22). The zero-order valence-electron chi connectivity index (χ0n) is 14.0. The highest BCUT2D eigenvalue weighted by Crippen LogP contribution is 2.20. The number of nitrogens with one attached hydrogen (secondary N) is 1. The Hall–Kier alpha value is -2.04. The Morgan fingerprint density at radius 2 is 1.87 bits per heavy atom. The molecule has 1 aliphatic heterocycles. The molecule has 5 heteroatoms. The molecule has 0 aliphatic carbocycles. The van der Waals surface area contributed by atoms with Crippen molar-refractivity contribution < 1.29 is 14.3 Å². The predicted octanol–water partition coefficient (Wildman–Crippen LogP) is 3.70. The van der Waals surface area contributed by atoms with E-state index in [0.29, 0.717) is 19.7 Å². The van der Waals surface area contributed by atoms with Gasteiger partial charge in [0.2, 0.25) is 0 Å². The van der Waals surface area contributed by atoms with E-state index in [4.69, 9.17) is 4.74 Å². The molecule has 1 aliphatic rings.